The zero-order valence-electron chi connectivity index (χ0n) is 15.4. The molecule has 0 radical (unpaired) electrons. The molecular weight excluding hydrogens is 319 g/mol. The molecule has 0 aliphatic carbocycles. The van der Waals surface area contributed by atoms with Gasteiger partial charge in [0, 0.05) is 12.5 Å². The van der Waals surface area contributed by atoms with Crippen LogP contribution in [0.2, 0.25) is 18.1 Å². The molecule has 0 heterocycles. The molecule has 22 heavy (non-hydrogen) atoms. The molecule has 0 N–H and O–H groups in total. The summed E-state index contributed by atoms with van der Waals surface area (Å²) in [7, 11) is -5.22. The lowest BCUT2D eigenvalue weighted by Crippen LogP contribution is -2.43. The van der Waals surface area contributed by atoms with Gasteiger partial charge < -0.3 is 13.5 Å². The van der Waals surface area contributed by atoms with E-state index in [1.165, 1.54) is 0 Å². The van der Waals surface area contributed by atoms with Gasteiger partial charge in [0.1, 0.15) is 11.9 Å². The number of rotatable bonds is 10. The Hall–Kier alpha value is -0.00312. The summed E-state index contributed by atoms with van der Waals surface area (Å²) in [4.78, 5) is 12.2. The zero-order chi connectivity index (χ0) is 17.6. The van der Waals surface area contributed by atoms with Crippen LogP contribution < -0.4 is 0 Å². The minimum atomic E-state index is -3.31. The van der Waals surface area contributed by atoms with Crippen molar-refractivity contribution in [2.45, 2.75) is 72.2 Å². The molecule has 0 rings (SSSR count). The van der Waals surface area contributed by atoms with E-state index in [1.54, 1.807) is 13.8 Å². The Kier molecular flexibility index (Phi) is 8.74. The van der Waals surface area contributed by atoms with Gasteiger partial charge in [0.15, 0.2) is 8.32 Å². The molecule has 0 aliphatic rings. The number of Topliss-reactive ketones (excluding diaryl/α,β-unsaturated/α-hetero) is 1. The van der Waals surface area contributed by atoms with Crippen molar-refractivity contribution in [3.63, 3.8) is 0 Å². The van der Waals surface area contributed by atoms with Crippen molar-refractivity contribution in [2.75, 3.05) is 19.4 Å². The van der Waals surface area contributed by atoms with Crippen LogP contribution in [0, 0.1) is 0 Å². The minimum Gasteiger partial charge on any atom is -0.414 e. The standard InChI is InChI=1S/C15H33O5PSi/c1-9-18-21(17,19-10-2)12-14(16)11-13(3)20-22(7,8)15(4,5)6/h13H,9-12H2,1-8H3. The highest BCUT2D eigenvalue weighted by Gasteiger charge is 2.39. The van der Waals surface area contributed by atoms with E-state index in [1.807, 2.05) is 6.92 Å². The van der Waals surface area contributed by atoms with Crippen molar-refractivity contribution < 1.29 is 22.8 Å². The predicted octanol–water partition coefficient (Wildman–Crippen LogP) is 4.62. The number of ketones is 1. The van der Waals surface area contributed by atoms with Crippen LogP contribution in [0.15, 0.2) is 0 Å². The number of hydrogen-bond donors (Lipinski definition) is 0. The fourth-order valence-electron chi connectivity index (χ4n) is 1.84. The fourth-order valence-corrected chi connectivity index (χ4v) is 4.89. The van der Waals surface area contributed by atoms with Gasteiger partial charge in [-0.05, 0) is 38.9 Å². The molecule has 0 aromatic heterocycles. The van der Waals surface area contributed by atoms with Crippen molar-refractivity contribution >= 4 is 21.7 Å². The highest BCUT2D eigenvalue weighted by molar-refractivity contribution is 7.54. The topological polar surface area (TPSA) is 61.8 Å². The van der Waals surface area contributed by atoms with Crippen LogP contribution in [-0.4, -0.2) is 39.6 Å². The maximum atomic E-state index is 12.4. The van der Waals surface area contributed by atoms with Crippen LogP contribution in [-0.2, 0) is 22.8 Å². The summed E-state index contributed by atoms with van der Waals surface area (Å²) in [6.07, 6.45) is -0.138. The molecule has 0 fully saturated rings. The highest BCUT2D eigenvalue weighted by Crippen LogP contribution is 2.48. The molecule has 0 aromatic rings. The molecule has 0 aliphatic heterocycles. The summed E-state index contributed by atoms with van der Waals surface area (Å²) in [6.45, 7) is 16.7. The van der Waals surface area contributed by atoms with Gasteiger partial charge in [-0.1, -0.05) is 20.8 Å². The van der Waals surface area contributed by atoms with Crippen LogP contribution in [0.5, 0.6) is 0 Å². The molecule has 0 amide bonds. The second-order valence-electron chi connectivity index (χ2n) is 7.04. The van der Waals surface area contributed by atoms with Gasteiger partial charge in [-0.2, -0.15) is 0 Å². The smallest absolute Gasteiger partial charge is 0.338 e. The first-order valence-corrected chi connectivity index (χ1v) is 12.6. The third-order valence-electron chi connectivity index (χ3n) is 3.84. The molecule has 0 spiro atoms. The van der Waals surface area contributed by atoms with Gasteiger partial charge in [-0.15, -0.1) is 0 Å². The van der Waals surface area contributed by atoms with E-state index in [-0.39, 0.29) is 42.7 Å². The molecule has 0 saturated carbocycles. The maximum absolute atomic E-state index is 12.4. The van der Waals surface area contributed by atoms with Gasteiger partial charge in [0.2, 0.25) is 0 Å². The van der Waals surface area contributed by atoms with Crippen LogP contribution in [0.25, 0.3) is 0 Å². The lowest BCUT2D eigenvalue weighted by molar-refractivity contribution is -0.118. The van der Waals surface area contributed by atoms with E-state index in [0.29, 0.717) is 0 Å². The number of carbonyl (C=O) groups is 1. The summed E-state index contributed by atoms with van der Waals surface area (Å²) in [5.41, 5.74) is 0. The van der Waals surface area contributed by atoms with E-state index in [0.717, 1.165) is 0 Å². The summed E-state index contributed by atoms with van der Waals surface area (Å²) >= 11 is 0. The zero-order valence-corrected chi connectivity index (χ0v) is 17.3. The lowest BCUT2D eigenvalue weighted by Gasteiger charge is -2.38. The summed E-state index contributed by atoms with van der Waals surface area (Å²) in [5, 5.41) is 0.0935. The molecule has 132 valence electrons. The van der Waals surface area contributed by atoms with E-state index in [9.17, 15) is 9.36 Å². The largest absolute Gasteiger partial charge is 0.414 e. The highest BCUT2D eigenvalue weighted by atomic mass is 31.2. The van der Waals surface area contributed by atoms with Crippen molar-refractivity contribution in [2.24, 2.45) is 0 Å². The first kappa shape index (κ1) is 22.0. The Morgan fingerprint density at radius 3 is 1.95 bits per heavy atom. The van der Waals surface area contributed by atoms with E-state index in [2.05, 4.69) is 33.9 Å². The molecular formula is C15H33O5PSi. The predicted molar refractivity (Wildman–Crippen MR) is 93.1 cm³/mol. The van der Waals surface area contributed by atoms with Crippen molar-refractivity contribution in [1.82, 2.24) is 0 Å². The molecule has 7 heteroatoms. The Morgan fingerprint density at radius 2 is 1.59 bits per heavy atom. The Balaban J connectivity index is 4.62. The minimum absolute atomic E-state index is 0.0935. The van der Waals surface area contributed by atoms with Crippen LogP contribution in [0.4, 0.5) is 0 Å². The lowest BCUT2D eigenvalue weighted by atomic mass is 10.2. The van der Waals surface area contributed by atoms with Gasteiger partial charge in [-0.3, -0.25) is 9.36 Å². The number of hydrogen-bond acceptors (Lipinski definition) is 5. The molecule has 0 aromatic carbocycles. The average Bonchev–Trinajstić information content (AvgIpc) is 2.25. The second kappa shape index (κ2) is 8.74. The molecule has 5 nitrogen and oxygen atoms in total. The Morgan fingerprint density at radius 1 is 1.14 bits per heavy atom. The van der Waals surface area contributed by atoms with Crippen LogP contribution in [0.1, 0.15) is 48.0 Å². The monoisotopic (exact) mass is 352 g/mol. The molecule has 1 unspecified atom stereocenters. The first-order chi connectivity index (χ1) is 9.87. The SMILES string of the molecule is CCOP(=O)(CC(=O)CC(C)O[Si](C)(C)C(C)(C)C)OCC. The normalized spacial score (nSPS) is 14.9. The quantitative estimate of drug-likeness (QED) is 0.424. The summed E-state index contributed by atoms with van der Waals surface area (Å²) in [5.74, 6) is -0.142. The molecule has 1 atom stereocenters. The summed E-state index contributed by atoms with van der Waals surface area (Å²) < 4.78 is 28.8. The fraction of sp³-hybridized carbons (Fsp3) is 0.933. The Bertz CT molecular complexity index is 393. The Labute approximate surface area is 136 Å². The first-order valence-electron chi connectivity index (χ1n) is 7.94. The molecule has 0 bridgehead atoms. The number of carbonyl (C=O) groups excluding carboxylic acids is 1. The second-order valence-corrected chi connectivity index (χ2v) is 13.8. The van der Waals surface area contributed by atoms with Crippen molar-refractivity contribution in [3.8, 4) is 0 Å². The van der Waals surface area contributed by atoms with E-state index >= 15 is 0 Å². The van der Waals surface area contributed by atoms with Crippen LogP contribution in [0.3, 0.4) is 0 Å². The molecule has 0 saturated heterocycles. The van der Waals surface area contributed by atoms with Gasteiger partial charge >= 0.3 is 7.60 Å². The third kappa shape index (κ3) is 7.51. The van der Waals surface area contributed by atoms with Gasteiger partial charge in [0.25, 0.3) is 0 Å². The van der Waals surface area contributed by atoms with E-state index < -0.39 is 15.9 Å². The van der Waals surface area contributed by atoms with Gasteiger partial charge in [0.05, 0.1) is 13.2 Å². The maximum Gasteiger partial charge on any atom is 0.338 e. The van der Waals surface area contributed by atoms with Gasteiger partial charge in [-0.25, -0.2) is 0 Å². The average molecular weight is 352 g/mol. The van der Waals surface area contributed by atoms with Crippen molar-refractivity contribution in [1.29, 1.82) is 0 Å². The van der Waals surface area contributed by atoms with Crippen LogP contribution >= 0.6 is 7.60 Å². The third-order valence-corrected chi connectivity index (χ3v) is 10.5. The van der Waals surface area contributed by atoms with E-state index in [4.69, 9.17) is 13.5 Å². The summed E-state index contributed by atoms with van der Waals surface area (Å²) in [6, 6.07) is 0. The van der Waals surface area contributed by atoms with Crippen molar-refractivity contribution in [3.05, 3.63) is 0 Å².